The van der Waals surface area contributed by atoms with E-state index in [9.17, 15) is 0 Å². The van der Waals surface area contributed by atoms with E-state index in [1.807, 2.05) is 0 Å². The van der Waals surface area contributed by atoms with Crippen LogP contribution in [0.1, 0.15) is 65.7 Å². The number of hydrogen-bond acceptors (Lipinski definition) is 0. The Morgan fingerprint density at radius 1 is 1.13 bits per heavy atom. The molecule has 5 unspecified atom stereocenters. The van der Waals surface area contributed by atoms with Crippen LogP contribution in [-0.4, -0.2) is 0 Å². The topological polar surface area (TPSA) is 0 Å². The molecular formula is C15H26. The maximum Gasteiger partial charge on any atom is -0.0215 e. The van der Waals surface area contributed by atoms with Crippen LogP contribution in [0, 0.1) is 28.6 Å². The average molecular weight is 206 g/mol. The van der Waals surface area contributed by atoms with Gasteiger partial charge >= 0.3 is 0 Å². The van der Waals surface area contributed by atoms with E-state index in [0.717, 1.165) is 28.6 Å². The van der Waals surface area contributed by atoms with Crippen molar-refractivity contribution in [1.82, 2.24) is 0 Å². The van der Waals surface area contributed by atoms with Crippen LogP contribution in [-0.2, 0) is 0 Å². The fraction of sp³-hybridized carbons (Fsp3) is 1.00. The summed E-state index contributed by atoms with van der Waals surface area (Å²) in [6, 6.07) is 0. The van der Waals surface area contributed by atoms with Crippen molar-refractivity contribution in [2.75, 3.05) is 0 Å². The van der Waals surface area contributed by atoms with Gasteiger partial charge in [0.25, 0.3) is 0 Å². The van der Waals surface area contributed by atoms with Crippen LogP contribution < -0.4 is 0 Å². The van der Waals surface area contributed by atoms with Gasteiger partial charge in [-0.1, -0.05) is 27.2 Å². The third-order valence-corrected chi connectivity index (χ3v) is 6.97. The lowest BCUT2D eigenvalue weighted by molar-refractivity contribution is -0.167. The lowest BCUT2D eigenvalue weighted by Crippen LogP contribution is -2.58. The molecule has 0 aromatic rings. The highest BCUT2D eigenvalue weighted by Crippen LogP contribution is 2.76. The first kappa shape index (κ1) is 10.2. The van der Waals surface area contributed by atoms with Gasteiger partial charge in [-0.15, -0.1) is 0 Å². The number of fused-ring (bicyclic) bond motifs is 1. The summed E-state index contributed by atoms with van der Waals surface area (Å²) in [6.45, 7) is 7.47. The lowest BCUT2D eigenvalue weighted by Gasteiger charge is -2.66. The molecule has 3 rings (SSSR count). The van der Waals surface area contributed by atoms with E-state index >= 15 is 0 Å². The molecule has 0 saturated heterocycles. The van der Waals surface area contributed by atoms with Crippen LogP contribution in [0.15, 0.2) is 0 Å². The highest BCUT2D eigenvalue weighted by atomic mass is 14.7. The first-order valence-electron chi connectivity index (χ1n) is 7.19. The molecule has 0 amide bonds. The Bertz CT molecular complexity index is 265. The molecule has 86 valence electrons. The van der Waals surface area contributed by atoms with E-state index in [1.165, 1.54) is 12.8 Å². The zero-order valence-electron chi connectivity index (χ0n) is 10.7. The summed E-state index contributed by atoms with van der Waals surface area (Å²) < 4.78 is 0. The largest absolute Gasteiger partial charge is 0.0651 e. The maximum absolute atomic E-state index is 2.59. The van der Waals surface area contributed by atoms with Crippen LogP contribution in [0.2, 0.25) is 0 Å². The molecule has 0 aliphatic heterocycles. The fourth-order valence-corrected chi connectivity index (χ4v) is 6.10. The van der Waals surface area contributed by atoms with Crippen molar-refractivity contribution < 1.29 is 0 Å². The van der Waals surface area contributed by atoms with Crippen LogP contribution in [0.5, 0.6) is 0 Å². The molecule has 2 bridgehead atoms. The van der Waals surface area contributed by atoms with Crippen LogP contribution in [0.3, 0.4) is 0 Å². The molecule has 3 fully saturated rings. The maximum atomic E-state index is 2.59. The predicted octanol–water partition coefficient (Wildman–Crippen LogP) is 4.64. The summed E-state index contributed by atoms with van der Waals surface area (Å²) in [5, 5.41) is 0. The molecule has 3 aliphatic rings. The second-order valence-corrected chi connectivity index (χ2v) is 6.65. The highest BCUT2D eigenvalue weighted by molar-refractivity contribution is 5.16. The summed E-state index contributed by atoms with van der Waals surface area (Å²) in [5.41, 5.74) is 1.61. The predicted molar refractivity (Wildman–Crippen MR) is 64.7 cm³/mol. The Morgan fingerprint density at radius 3 is 2.47 bits per heavy atom. The zero-order chi connectivity index (χ0) is 10.7. The van der Waals surface area contributed by atoms with E-state index in [1.54, 1.807) is 32.1 Å². The van der Waals surface area contributed by atoms with E-state index in [4.69, 9.17) is 0 Å². The summed E-state index contributed by atoms with van der Waals surface area (Å²) in [4.78, 5) is 0. The van der Waals surface area contributed by atoms with Gasteiger partial charge in [-0.2, -0.15) is 0 Å². The van der Waals surface area contributed by atoms with Crippen molar-refractivity contribution in [1.29, 1.82) is 0 Å². The fourth-order valence-electron chi connectivity index (χ4n) is 6.10. The van der Waals surface area contributed by atoms with Gasteiger partial charge < -0.3 is 0 Å². The Balaban J connectivity index is 1.99. The van der Waals surface area contributed by atoms with Crippen molar-refractivity contribution >= 4 is 0 Å². The van der Waals surface area contributed by atoms with Crippen molar-refractivity contribution in [2.24, 2.45) is 28.6 Å². The molecule has 0 nitrogen and oxygen atoms in total. The minimum Gasteiger partial charge on any atom is -0.0651 e. The van der Waals surface area contributed by atoms with E-state index < -0.39 is 0 Å². The van der Waals surface area contributed by atoms with Crippen LogP contribution in [0.4, 0.5) is 0 Å². The standard InChI is InChI=1S/C15H26/c1-4-13-11(3)15(5-2)9-8-14(15)7-6-12(13)10-14/h11-13H,4-10H2,1-3H3. The molecular weight excluding hydrogens is 180 g/mol. The average Bonchev–Trinajstić information content (AvgIpc) is 2.63. The third kappa shape index (κ3) is 0.953. The molecule has 5 atom stereocenters. The molecule has 15 heavy (non-hydrogen) atoms. The molecule has 0 N–H and O–H groups in total. The van der Waals surface area contributed by atoms with Crippen molar-refractivity contribution in [3.05, 3.63) is 0 Å². The molecule has 3 saturated carbocycles. The van der Waals surface area contributed by atoms with E-state index in [2.05, 4.69) is 20.8 Å². The Hall–Kier alpha value is 0. The van der Waals surface area contributed by atoms with Gasteiger partial charge in [0, 0.05) is 0 Å². The summed E-state index contributed by atoms with van der Waals surface area (Å²) >= 11 is 0. The highest BCUT2D eigenvalue weighted by Gasteiger charge is 2.67. The second kappa shape index (κ2) is 3.02. The second-order valence-electron chi connectivity index (χ2n) is 6.65. The quantitative estimate of drug-likeness (QED) is 0.617. The summed E-state index contributed by atoms with van der Waals surface area (Å²) in [7, 11) is 0. The van der Waals surface area contributed by atoms with Gasteiger partial charge in [-0.3, -0.25) is 0 Å². The summed E-state index contributed by atoms with van der Waals surface area (Å²) in [6.07, 6.45) is 10.7. The molecule has 0 aromatic carbocycles. The molecule has 0 heteroatoms. The van der Waals surface area contributed by atoms with Gasteiger partial charge in [0.1, 0.15) is 0 Å². The SMILES string of the molecule is CCC1C2CCC3(CCC3(CC)C1C)C2. The Labute approximate surface area is 94.8 Å². The number of hydrogen-bond donors (Lipinski definition) is 0. The molecule has 3 aliphatic carbocycles. The van der Waals surface area contributed by atoms with Crippen molar-refractivity contribution in [3.8, 4) is 0 Å². The van der Waals surface area contributed by atoms with Gasteiger partial charge in [-0.05, 0) is 67.1 Å². The normalized spacial score (nSPS) is 57.4. The van der Waals surface area contributed by atoms with E-state index in [-0.39, 0.29) is 0 Å². The van der Waals surface area contributed by atoms with E-state index in [0.29, 0.717) is 0 Å². The van der Waals surface area contributed by atoms with Crippen molar-refractivity contribution in [3.63, 3.8) is 0 Å². The smallest absolute Gasteiger partial charge is 0.0215 e. The molecule has 0 heterocycles. The first-order valence-corrected chi connectivity index (χ1v) is 7.19. The van der Waals surface area contributed by atoms with Gasteiger partial charge in [0.15, 0.2) is 0 Å². The third-order valence-electron chi connectivity index (χ3n) is 6.97. The molecule has 0 aromatic heterocycles. The minimum absolute atomic E-state index is 0.778. The molecule has 0 radical (unpaired) electrons. The van der Waals surface area contributed by atoms with Gasteiger partial charge in [-0.25, -0.2) is 0 Å². The van der Waals surface area contributed by atoms with Crippen molar-refractivity contribution in [2.45, 2.75) is 65.7 Å². The van der Waals surface area contributed by atoms with Crippen LogP contribution in [0.25, 0.3) is 0 Å². The lowest BCUT2D eigenvalue weighted by atomic mass is 9.39. The van der Waals surface area contributed by atoms with Crippen LogP contribution >= 0.6 is 0 Å². The summed E-state index contributed by atoms with van der Waals surface area (Å²) in [5.74, 6) is 3.17. The number of rotatable bonds is 2. The Morgan fingerprint density at radius 2 is 1.93 bits per heavy atom. The zero-order valence-corrected chi connectivity index (χ0v) is 10.7. The molecule has 1 spiro atoms. The first-order chi connectivity index (χ1) is 7.19. The van der Waals surface area contributed by atoms with Gasteiger partial charge in [0.2, 0.25) is 0 Å². The van der Waals surface area contributed by atoms with Gasteiger partial charge in [0.05, 0.1) is 0 Å². The Kier molecular flexibility index (Phi) is 2.05. The monoisotopic (exact) mass is 206 g/mol. The minimum atomic E-state index is 0.778.